The molecular weight excluding hydrogens is 420 g/mol. The van der Waals surface area contributed by atoms with Gasteiger partial charge in [-0.25, -0.2) is 0 Å². The quantitative estimate of drug-likeness (QED) is 0.403. The van der Waals surface area contributed by atoms with Crippen molar-refractivity contribution in [3.63, 3.8) is 0 Å². The topological polar surface area (TPSA) is 57.5 Å². The molecule has 0 saturated heterocycles. The van der Waals surface area contributed by atoms with Crippen LogP contribution in [0.4, 0.5) is 0 Å². The van der Waals surface area contributed by atoms with Crippen molar-refractivity contribution in [3.8, 4) is 0 Å². The van der Waals surface area contributed by atoms with Gasteiger partial charge in [-0.05, 0) is 123 Å². The van der Waals surface area contributed by atoms with E-state index in [0.717, 1.165) is 38.5 Å². The molecule has 10 atom stereocenters. The van der Waals surface area contributed by atoms with Gasteiger partial charge >= 0.3 is 5.97 Å². The summed E-state index contributed by atoms with van der Waals surface area (Å²) in [4.78, 5) is 12.7. The average Bonchev–Trinajstić information content (AvgIpc) is 3.16. The molecule has 4 aliphatic carbocycles. The van der Waals surface area contributed by atoms with E-state index in [9.17, 15) is 15.0 Å². The number of aliphatic hydroxyl groups is 1. The average molecular weight is 473 g/mol. The maximum atomic E-state index is 12.7. The van der Waals surface area contributed by atoms with Crippen LogP contribution in [0, 0.1) is 57.2 Å². The molecule has 0 aromatic heterocycles. The van der Waals surface area contributed by atoms with Crippen LogP contribution in [0.25, 0.3) is 0 Å². The van der Waals surface area contributed by atoms with Gasteiger partial charge in [0.2, 0.25) is 0 Å². The van der Waals surface area contributed by atoms with Crippen LogP contribution >= 0.6 is 0 Å². The highest BCUT2D eigenvalue weighted by Gasteiger charge is 2.67. The molecule has 3 heteroatoms. The minimum absolute atomic E-state index is 0.0340. The second kappa shape index (κ2) is 8.63. The van der Waals surface area contributed by atoms with Crippen molar-refractivity contribution in [2.45, 2.75) is 119 Å². The molecule has 4 fully saturated rings. The summed E-state index contributed by atoms with van der Waals surface area (Å²) in [5, 5.41) is 21.3. The Labute approximate surface area is 209 Å². The molecule has 0 radical (unpaired) electrons. The molecule has 2 N–H and O–H groups in total. The van der Waals surface area contributed by atoms with Crippen LogP contribution in [0.5, 0.6) is 0 Å². The first-order valence-electron chi connectivity index (χ1n) is 14.3. The molecule has 0 aromatic rings. The van der Waals surface area contributed by atoms with E-state index in [1.54, 1.807) is 0 Å². The van der Waals surface area contributed by atoms with Crippen LogP contribution in [0.1, 0.15) is 113 Å². The van der Waals surface area contributed by atoms with Gasteiger partial charge in [-0.1, -0.05) is 53.7 Å². The van der Waals surface area contributed by atoms with Crippen molar-refractivity contribution < 1.29 is 15.0 Å². The summed E-state index contributed by atoms with van der Waals surface area (Å²) in [7, 11) is 0. The van der Waals surface area contributed by atoms with E-state index < -0.39 is 11.4 Å². The summed E-state index contributed by atoms with van der Waals surface area (Å²) < 4.78 is 0. The number of fused-ring (bicyclic) bond motifs is 3. The van der Waals surface area contributed by atoms with Gasteiger partial charge in [0.25, 0.3) is 0 Å². The van der Waals surface area contributed by atoms with Crippen LogP contribution in [0.2, 0.25) is 0 Å². The first kappa shape index (κ1) is 26.2. The number of aliphatic carboxylic acids is 1. The lowest BCUT2D eigenvalue weighted by Gasteiger charge is -2.65. The zero-order valence-electron chi connectivity index (χ0n) is 23.1. The van der Waals surface area contributed by atoms with Crippen LogP contribution in [0.15, 0.2) is 12.2 Å². The van der Waals surface area contributed by atoms with Crippen LogP contribution in [-0.2, 0) is 4.79 Å². The molecule has 0 aromatic carbocycles. The molecule has 194 valence electrons. The van der Waals surface area contributed by atoms with Gasteiger partial charge in [0.15, 0.2) is 0 Å². The van der Waals surface area contributed by atoms with Gasteiger partial charge in [-0.3, -0.25) is 4.79 Å². The van der Waals surface area contributed by atoms with E-state index in [0.29, 0.717) is 29.6 Å². The monoisotopic (exact) mass is 472 g/mol. The Morgan fingerprint density at radius 2 is 1.65 bits per heavy atom. The Balaban J connectivity index is 1.67. The van der Waals surface area contributed by atoms with E-state index in [1.165, 1.54) is 31.3 Å². The lowest BCUT2D eigenvalue weighted by atomic mass is 9.39. The zero-order valence-corrected chi connectivity index (χ0v) is 23.1. The molecule has 4 aliphatic rings. The third-order valence-electron chi connectivity index (χ3n) is 13.0. The SMILES string of the molecule is C=C(C)[C@@H]1CC[C@]2(C(=O)O)CC[C@]3(C)C(CC[C@H](C)[C@@]3(C)CCC3[C@H](C)CC[C@H](O)C3(C)C)C12. The van der Waals surface area contributed by atoms with Crippen molar-refractivity contribution in [2.75, 3.05) is 0 Å². The predicted molar refractivity (Wildman–Crippen MR) is 139 cm³/mol. The molecule has 0 amide bonds. The zero-order chi connectivity index (χ0) is 25.3. The Hall–Kier alpha value is -0.830. The summed E-state index contributed by atoms with van der Waals surface area (Å²) in [6.45, 7) is 21.0. The highest BCUT2D eigenvalue weighted by molar-refractivity contribution is 5.76. The third-order valence-corrected chi connectivity index (χ3v) is 13.0. The van der Waals surface area contributed by atoms with Crippen LogP contribution in [0.3, 0.4) is 0 Å². The third kappa shape index (κ3) is 3.57. The van der Waals surface area contributed by atoms with Crippen molar-refractivity contribution >= 4 is 5.97 Å². The smallest absolute Gasteiger partial charge is 0.309 e. The van der Waals surface area contributed by atoms with E-state index in [-0.39, 0.29) is 28.3 Å². The van der Waals surface area contributed by atoms with Gasteiger partial charge in [0, 0.05) is 0 Å². The van der Waals surface area contributed by atoms with Crippen molar-refractivity contribution in [1.29, 1.82) is 0 Å². The number of carboxylic acid groups (broad SMARTS) is 1. The lowest BCUT2D eigenvalue weighted by molar-refractivity contribution is -0.187. The van der Waals surface area contributed by atoms with Gasteiger partial charge in [0.05, 0.1) is 11.5 Å². The fourth-order valence-corrected chi connectivity index (χ4v) is 10.2. The highest BCUT2D eigenvalue weighted by Crippen LogP contribution is 2.72. The van der Waals surface area contributed by atoms with Crippen LogP contribution < -0.4 is 0 Å². The Morgan fingerprint density at radius 1 is 0.971 bits per heavy atom. The van der Waals surface area contributed by atoms with Gasteiger partial charge in [-0.2, -0.15) is 0 Å². The number of carboxylic acids is 1. The molecule has 0 heterocycles. The summed E-state index contributed by atoms with van der Waals surface area (Å²) >= 11 is 0. The molecule has 0 spiro atoms. The number of hydrogen-bond donors (Lipinski definition) is 2. The first-order chi connectivity index (χ1) is 15.7. The molecule has 4 saturated carbocycles. The number of hydrogen-bond acceptors (Lipinski definition) is 2. The normalized spacial score (nSPS) is 50.3. The number of carbonyl (C=O) groups is 1. The van der Waals surface area contributed by atoms with E-state index >= 15 is 0 Å². The summed E-state index contributed by atoms with van der Waals surface area (Å²) in [6.07, 6.45) is 10.3. The Morgan fingerprint density at radius 3 is 2.26 bits per heavy atom. The predicted octanol–water partition coefficient (Wildman–Crippen LogP) is 7.73. The van der Waals surface area contributed by atoms with E-state index in [1.807, 2.05) is 0 Å². The second-order valence-corrected chi connectivity index (χ2v) is 14.4. The largest absolute Gasteiger partial charge is 0.481 e. The Kier molecular flexibility index (Phi) is 6.66. The van der Waals surface area contributed by atoms with Crippen molar-refractivity contribution in [1.82, 2.24) is 0 Å². The molecule has 4 rings (SSSR count). The van der Waals surface area contributed by atoms with Crippen molar-refractivity contribution in [2.24, 2.45) is 57.2 Å². The number of rotatable bonds is 5. The van der Waals surface area contributed by atoms with Crippen LogP contribution in [-0.4, -0.2) is 22.3 Å². The van der Waals surface area contributed by atoms with Gasteiger partial charge < -0.3 is 10.2 Å². The molecule has 3 nitrogen and oxygen atoms in total. The molecule has 0 bridgehead atoms. The van der Waals surface area contributed by atoms with E-state index in [4.69, 9.17) is 0 Å². The summed E-state index contributed by atoms with van der Waals surface area (Å²) in [6, 6.07) is 0. The Bertz CT molecular complexity index is 815. The molecule has 34 heavy (non-hydrogen) atoms. The maximum absolute atomic E-state index is 12.7. The minimum atomic E-state index is -0.546. The lowest BCUT2D eigenvalue weighted by Crippen LogP contribution is -2.60. The van der Waals surface area contributed by atoms with Gasteiger partial charge in [-0.15, -0.1) is 0 Å². The van der Waals surface area contributed by atoms with Crippen molar-refractivity contribution in [3.05, 3.63) is 12.2 Å². The molecule has 3 unspecified atom stereocenters. The molecular formula is C31H52O3. The van der Waals surface area contributed by atoms with Gasteiger partial charge in [0.1, 0.15) is 0 Å². The standard InChI is InChI=1S/C31H52O3/c1-19(2)22-13-16-31(27(33)34)18-17-30(8)24(26(22)31)11-10-21(4)29(30,7)15-14-23-20(3)9-12-25(32)28(23,5)6/h20-26,32H,1,9-18H2,2-8H3,(H,33,34)/t20-,21+,22+,23?,24?,25+,26?,29-,30-,31+/m1/s1. The maximum Gasteiger partial charge on any atom is 0.309 e. The fraction of sp³-hybridized carbons (Fsp3) is 0.903. The fourth-order valence-electron chi connectivity index (χ4n) is 10.2. The number of aliphatic hydroxyl groups excluding tert-OH is 1. The highest BCUT2D eigenvalue weighted by atomic mass is 16.4. The summed E-state index contributed by atoms with van der Waals surface area (Å²) in [5.74, 6) is 2.34. The summed E-state index contributed by atoms with van der Waals surface area (Å²) in [5.41, 5.74) is 0.977. The second-order valence-electron chi connectivity index (χ2n) is 14.4. The number of allylic oxidation sites excluding steroid dienone is 1. The molecule has 0 aliphatic heterocycles. The first-order valence-corrected chi connectivity index (χ1v) is 14.3. The minimum Gasteiger partial charge on any atom is -0.481 e. The van der Waals surface area contributed by atoms with E-state index in [2.05, 4.69) is 55.0 Å².